The van der Waals surface area contributed by atoms with Gasteiger partial charge >= 0.3 is 0 Å². The predicted octanol–water partition coefficient (Wildman–Crippen LogP) is 4.08. The molecule has 0 saturated carbocycles. The van der Waals surface area contributed by atoms with Crippen molar-refractivity contribution in [3.63, 3.8) is 0 Å². The Kier molecular flexibility index (Phi) is 4.59. The number of aromatic hydroxyl groups is 1. The fourth-order valence-electron chi connectivity index (χ4n) is 2.53. The average Bonchev–Trinajstić information content (AvgIpc) is 3.03. The van der Waals surface area contributed by atoms with E-state index in [1.807, 2.05) is 6.92 Å². The minimum Gasteiger partial charge on any atom is -0.505 e. The highest BCUT2D eigenvalue weighted by molar-refractivity contribution is 7.17. The fourth-order valence-corrected chi connectivity index (χ4v) is 3.50. The lowest BCUT2D eigenvalue weighted by Crippen LogP contribution is -2.29. The average molecular weight is 363 g/mol. The molecule has 0 aliphatic rings. The van der Waals surface area contributed by atoms with Gasteiger partial charge in [0.05, 0.1) is 10.2 Å². The second-order valence-electron chi connectivity index (χ2n) is 5.28. The number of halogens is 1. The number of pyridine rings is 1. The van der Waals surface area contributed by atoms with Crippen LogP contribution in [0.4, 0.5) is 5.69 Å². The SMILES string of the molecule is CCCn1c(=O)c(C(=O)Nc2ccc(Cl)cc2)c(O)c2sccc21. The maximum Gasteiger partial charge on any atom is 0.267 e. The number of fused-ring (bicyclic) bond motifs is 1. The summed E-state index contributed by atoms with van der Waals surface area (Å²) < 4.78 is 2.06. The van der Waals surface area contributed by atoms with Crippen molar-refractivity contribution in [1.29, 1.82) is 0 Å². The molecule has 0 saturated heterocycles. The molecule has 0 unspecified atom stereocenters. The maximum absolute atomic E-state index is 12.7. The minimum absolute atomic E-state index is 0.242. The zero-order valence-corrected chi connectivity index (χ0v) is 14.4. The van der Waals surface area contributed by atoms with E-state index < -0.39 is 11.5 Å². The summed E-state index contributed by atoms with van der Waals surface area (Å²) in [7, 11) is 0. The number of carbonyl (C=O) groups is 1. The van der Waals surface area contributed by atoms with Crippen LogP contribution >= 0.6 is 22.9 Å². The van der Waals surface area contributed by atoms with Crippen LogP contribution in [-0.4, -0.2) is 15.6 Å². The van der Waals surface area contributed by atoms with Crippen LogP contribution in [0.3, 0.4) is 0 Å². The third kappa shape index (κ3) is 2.90. The van der Waals surface area contributed by atoms with Crippen LogP contribution in [0.1, 0.15) is 23.7 Å². The van der Waals surface area contributed by atoms with Crippen molar-refractivity contribution >= 4 is 44.7 Å². The zero-order valence-electron chi connectivity index (χ0n) is 12.9. The molecular formula is C17H15ClN2O3S. The lowest BCUT2D eigenvalue weighted by molar-refractivity contribution is 0.102. The van der Waals surface area contributed by atoms with Gasteiger partial charge in [-0.25, -0.2) is 0 Å². The predicted molar refractivity (Wildman–Crippen MR) is 97.4 cm³/mol. The summed E-state index contributed by atoms with van der Waals surface area (Å²) in [5.41, 5.74) is 0.406. The number of nitrogens with one attached hydrogen (secondary N) is 1. The summed E-state index contributed by atoms with van der Waals surface area (Å²) in [6, 6.07) is 8.30. The molecular weight excluding hydrogens is 348 g/mol. The van der Waals surface area contributed by atoms with Crippen molar-refractivity contribution in [3.8, 4) is 5.75 Å². The molecule has 0 bridgehead atoms. The van der Waals surface area contributed by atoms with Crippen molar-refractivity contribution in [2.75, 3.05) is 5.32 Å². The largest absolute Gasteiger partial charge is 0.505 e. The number of carbonyl (C=O) groups excluding carboxylic acids is 1. The Bertz CT molecular complexity index is 960. The molecule has 2 aromatic heterocycles. The normalized spacial score (nSPS) is 10.9. The number of benzene rings is 1. The Labute approximate surface area is 147 Å². The van der Waals surface area contributed by atoms with E-state index in [-0.39, 0.29) is 11.3 Å². The summed E-state index contributed by atoms with van der Waals surface area (Å²) in [5.74, 6) is -0.913. The molecule has 2 heterocycles. The molecule has 3 aromatic rings. The molecule has 1 aromatic carbocycles. The van der Waals surface area contributed by atoms with E-state index >= 15 is 0 Å². The second-order valence-corrected chi connectivity index (χ2v) is 6.63. The third-order valence-corrected chi connectivity index (χ3v) is 4.78. The van der Waals surface area contributed by atoms with Crippen molar-refractivity contribution in [1.82, 2.24) is 4.57 Å². The molecule has 2 N–H and O–H groups in total. The van der Waals surface area contributed by atoms with Gasteiger partial charge in [0.25, 0.3) is 11.5 Å². The monoisotopic (exact) mass is 362 g/mol. The van der Waals surface area contributed by atoms with Gasteiger partial charge in [-0.3, -0.25) is 9.59 Å². The van der Waals surface area contributed by atoms with Crippen LogP contribution in [0.15, 0.2) is 40.5 Å². The van der Waals surface area contributed by atoms with Gasteiger partial charge in [0, 0.05) is 17.3 Å². The highest BCUT2D eigenvalue weighted by Gasteiger charge is 2.22. The van der Waals surface area contributed by atoms with Gasteiger partial charge < -0.3 is 15.0 Å². The van der Waals surface area contributed by atoms with E-state index in [0.29, 0.717) is 27.5 Å². The van der Waals surface area contributed by atoms with Crippen molar-refractivity contribution in [2.24, 2.45) is 0 Å². The zero-order chi connectivity index (χ0) is 17.3. The molecule has 3 rings (SSSR count). The molecule has 24 heavy (non-hydrogen) atoms. The Balaban J connectivity index is 2.09. The van der Waals surface area contributed by atoms with E-state index in [9.17, 15) is 14.7 Å². The first kappa shape index (κ1) is 16.5. The van der Waals surface area contributed by atoms with Crippen molar-refractivity contribution in [2.45, 2.75) is 19.9 Å². The highest BCUT2D eigenvalue weighted by Crippen LogP contribution is 2.31. The number of thiophene rings is 1. The van der Waals surface area contributed by atoms with Crippen LogP contribution in [0.2, 0.25) is 5.02 Å². The van der Waals surface area contributed by atoms with E-state index in [0.717, 1.165) is 6.42 Å². The van der Waals surface area contributed by atoms with Gasteiger partial charge in [0.2, 0.25) is 0 Å². The molecule has 0 atom stereocenters. The van der Waals surface area contributed by atoms with Gasteiger partial charge in [-0.2, -0.15) is 0 Å². The fraction of sp³-hybridized carbons (Fsp3) is 0.176. The number of rotatable bonds is 4. The Morgan fingerprint density at radius 3 is 2.67 bits per heavy atom. The smallest absolute Gasteiger partial charge is 0.267 e. The summed E-state index contributed by atoms with van der Waals surface area (Å²) in [6.45, 7) is 2.43. The molecule has 1 amide bonds. The first-order valence-corrected chi connectivity index (χ1v) is 8.68. The van der Waals surface area contributed by atoms with E-state index in [4.69, 9.17) is 11.6 Å². The third-order valence-electron chi connectivity index (χ3n) is 3.62. The molecule has 0 fully saturated rings. The van der Waals surface area contributed by atoms with Gasteiger partial charge in [0.15, 0.2) is 5.75 Å². The topological polar surface area (TPSA) is 71.3 Å². The Morgan fingerprint density at radius 1 is 1.29 bits per heavy atom. The van der Waals surface area contributed by atoms with Crippen LogP contribution in [-0.2, 0) is 6.54 Å². The highest BCUT2D eigenvalue weighted by atomic mass is 35.5. The number of nitrogens with zero attached hydrogens (tertiary/aromatic N) is 1. The Hall–Kier alpha value is -2.31. The second kappa shape index (κ2) is 6.67. The first-order valence-electron chi connectivity index (χ1n) is 7.42. The van der Waals surface area contributed by atoms with E-state index in [1.165, 1.54) is 15.9 Å². The lowest BCUT2D eigenvalue weighted by Gasteiger charge is -2.12. The summed E-state index contributed by atoms with van der Waals surface area (Å²) >= 11 is 7.11. The summed E-state index contributed by atoms with van der Waals surface area (Å²) in [6.07, 6.45) is 0.744. The van der Waals surface area contributed by atoms with Gasteiger partial charge in [-0.1, -0.05) is 18.5 Å². The molecule has 124 valence electrons. The van der Waals surface area contributed by atoms with Crippen LogP contribution in [0.5, 0.6) is 5.75 Å². The van der Waals surface area contributed by atoms with Crippen molar-refractivity contribution < 1.29 is 9.90 Å². The van der Waals surface area contributed by atoms with Gasteiger partial charge in [-0.15, -0.1) is 11.3 Å². The van der Waals surface area contributed by atoms with Crippen LogP contribution < -0.4 is 10.9 Å². The van der Waals surface area contributed by atoms with Crippen LogP contribution in [0, 0.1) is 0 Å². The first-order chi connectivity index (χ1) is 11.5. The quantitative estimate of drug-likeness (QED) is 0.734. The molecule has 0 aliphatic carbocycles. The Morgan fingerprint density at radius 2 is 2.00 bits per heavy atom. The molecule has 0 spiro atoms. The number of anilines is 1. The molecule has 0 radical (unpaired) electrons. The summed E-state index contributed by atoms with van der Waals surface area (Å²) in [4.78, 5) is 25.3. The van der Waals surface area contributed by atoms with E-state index in [2.05, 4.69) is 5.32 Å². The molecule has 7 heteroatoms. The van der Waals surface area contributed by atoms with Gasteiger partial charge in [-0.05, 0) is 42.1 Å². The molecule has 0 aliphatic heterocycles. The van der Waals surface area contributed by atoms with Crippen molar-refractivity contribution in [3.05, 3.63) is 56.7 Å². The standard InChI is InChI=1S/C17H15ClN2O3S/c1-2-8-20-12-7-9-24-15(12)14(21)13(17(20)23)16(22)19-11-5-3-10(18)4-6-11/h3-7,9,21H,2,8H2,1H3,(H,19,22). The minimum atomic E-state index is -0.639. The van der Waals surface area contributed by atoms with E-state index in [1.54, 1.807) is 35.7 Å². The number of hydrogen-bond donors (Lipinski definition) is 2. The maximum atomic E-state index is 12.7. The number of hydrogen-bond acceptors (Lipinski definition) is 4. The van der Waals surface area contributed by atoms with Crippen LogP contribution in [0.25, 0.3) is 10.2 Å². The number of amides is 1. The number of aromatic nitrogens is 1. The summed E-state index contributed by atoms with van der Waals surface area (Å²) in [5, 5.41) is 15.4. The lowest BCUT2D eigenvalue weighted by atomic mass is 10.2. The number of aryl methyl sites for hydroxylation is 1. The van der Waals surface area contributed by atoms with Gasteiger partial charge in [0.1, 0.15) is 5.56 Å². The molecule has 5 nitrogen and oxygen atoms in total.